The summed E-state index contributed by atoms with van der Waals surface area (Å²) < 4.78 is 0.724. The molecule has 0 bridgehead atoms. The first-order valence-corrected chi connectivity index (χ1v) is 9.12. The third kappa shape index (κ3) is 4.68. The van der Waals surface area contributed by atoms with E-state index in [1.807, 2.05) is 13.0 Å². The van der Waals surface area contributed by atoms with Crippen molar-refractivity contribution in [2.75, 3.05) is 19.6 Å². The van der Waals surface area contributed by atoms with Gasteiger partial charge in [-0.2, -0.15) is 5.10 Å². The average molecular weight is 393 g/mol. The Morgan fingerprint density at radius 1 is 1.29 bits per heavy atom. The fraction of sp³-hybridized carbons (Fsp3) is 0.444. The van der Waals surface area contributed by atoms with Gasteiger partial charge >= 0.3 is 0 Å². The van der Waals surface area contributed by atoms with Crippen molar-refractivity contribution in [3.05, 3.63) is 51.8 Å². The smallest absolute Gasteiger partial charge is 0.273 e. The van der Waals surface area contributed by atoms with E-state index in [2.05, 4.69) is 74.5 Å². The molecule has 130 valence electrons. The van der Waals surface area contributed by atoms with Gasteiger partial charge in [0, 0.05) is 18.3 Å². The Labute approximate surface area is 152 Å². The highest BCUT2D eigenvalue weighted by Crippen LogP contribution is 2.18. The molecule has 0 aliphatic carbocycles. The first kappa shape index (κ1) is 18.7. The normalized spacial score (nSPS) is 12.4. The van der Waals surface area contributed by atoms with Gasteiger partial charge in [0.1, 0.15) is 0 Å². The lowest BCUT2D eigenvalue weighted by molar-refractivity contribution is 0.0929. The number of carbonyl (C=O) groups is 1. The second-order valence-corrected chi connectivity index (χ2v) is 6.58. The number of carbonyl (C=O) groups excluding carboxylic acids is 1. The molecule has 1 heterocycles. The largest absolute Gasteiger partial charge is 0.349 e. The van der Waals surface area contributed by atoms with Crippen LogP contribution in [-0.2, 0) is 6.42 Å². The van der Waals surface area contributed by atoms with E-state index in [-0.39, 0.29) is 11.9 Å². The van der Waals surface area contributed by atoms with Crippen LogP contribution in [0.2, 0.25) is 0 Å². The van der Waals surface area contributed by atoms with Crippen LogP contribution in [0.1, 0.15) is 35.6 Å². The standard InChI is InChI=1S/C18H25BrN4O/c1-4-23(5-2)15(11-14-9-7-6-8-10-14)12-20-18(24)17-16(19)13(3)21-22-17/h6-10,15H,4-5,11-12H2,1-3H3,(H,20,24)(H,21,22). The summed E-state index contributed by atoms with van der Waals surface area (Å²) in [6.45, 7) is 8.67. The zero-order valence-electron chi connectivity index (χ0n) is 14.5. The first-order chi connectivity index (χ1) is 11.6. The van der Waals surface area contributed by atoms with E-state index in [0.29, 0.717) is 12.2 Å². The van der Waals surface area contributed by atoms with Crippen LogP contribution in [0.3, 0.4) is 0 Å². The zero-order valence-corrected chi connectivity index (χ0v) is 16.1. The van der Waals surface area contributed by atoms with Crippen LogP contribution in [-0.4, -0.2) is 46.7 Å². The lowest BCUT2D eigenvalue weighted by Gasteiger charge is -2.30. The van der Waals surface area contributed by atoms with Gasteiger partial charge in [-0.25, -0.2) is 0 Å². The van der Waals surface area contributed by atoms with Crippen molar-refractivity contribution >= 4 is 21.8 Å². The zero-order chi connectivity index (χ0) is 17.5. The summed E-state index contributed by atoms with van der Waals surface area (Å²) in [5, 5.41) is 9.92. The number of likely N-dealkylation sites (N-methyl/N-ethyl adjacent to an activating group) is 1. The molecule has 2 aromatic rings. The number of nitrogens with zero attached hydrogens (tertiary/aromatic N) is 2. The molecule has 24 heavy (non-hydrogen) atoms. The molecule has 5 nitrogen and oxygen atoms in total. The second kappa shape index (κ2) is 8.99. The van der Waals surface area contributed by atoms with Crippen LogP contribution in [0.25, 0.3) is 0 Å². The van der Waals surface area contributed by atoms with Gasteiger partial charge in [0.2, 0.25) is 0 Å². The van der Waals surface area contributed by atoms with E-state index in [1.165, 1.54) is 5.56 Å². The maximum Gasteiger partial charge on any atom is 0.273 e. The highest BCUT2D eigenvalue weighted by Gasteiger charge is 2.20. The van der Waals surface area contributed by atoms with Gasteiger partial charge < -0.3 is 5.32 Å². The van der Waals surface area contributed by atoms with Crippen LogP contribution in [0.15, 0.2) is 34.8 Å². The summed E-state index contributed by atoms with van der Waals surface area (Å²) in [5.41, 5.74) is 2.54. The lowest BCUT2D eigenvalue weighted by atomic mass is 10.0. The number of aromatic nitrogens is 2. The van der Waals surface area contributed by atoms with Gasteiger partial charge in [-0.05, 0) is 47.9 Å². The predicted molar refractivity (Wildman–Crippen MR) is 100 cm³/mol. The van der Waals surface area contributed by atoms with Crippen molar-refractivity contribution in [1.29, 1.82) is 0 Å². The number of nitrogens with one attached hydrogen (secondary N) is 2. The molecular weight excluding hydrogens is 368 g/mol. The molecule has 0 spiro atoms. The number of amides is 1. The van der Waals surface area contributed by atoms with Crippen molar-refractivity contribution in [3.8, 4) is 0 Å². The van der Waals surface area contributed by atoms with Crippen molar-refractivity contribution in [2.45, 2.75) is 33.2 Å². The fourth-order valence-corrected chi connectivity index (χ4v) is 3.17. The van der Waals surface area contributed by atoms with Gasteiger partial charge in [0.25, 0.3) is 5.91 Å². The number of rotatable bonds is 8. The number of aromatic amines is 1. The molecule has 0 fully saturated rings. The Morgan fingerprint density at radius 3 is 2.50 bits per heavy atom. The number of H-pyrrole nitrogens is 1. The quantitative estimate of drug-likeness (QED) is 0.724. The fourth-order valence-electron chi connectivity index (χ4n) is 2.82. The highest BCUT2D eigenvalue weighted by atomic mass is 79.9. The van der Waals surface area contributed by atoms with Crippen molar-refractivity contribution in [2.24, 2.45) is 0 Å². The molecule has 2 rings (SSSR count). The number of hydrogen-bond acceptors (Lipinski definition) is 3. The van der Waals surface area contributed by atoms with Crippen molar-refractivity contribution in [1.82, 2.24) is 20.4 Å². The van der Waals surface area contributed by atoms with E-state index >= 15 is 0 Å². The molecule has 0 aliphatic heterocycles. The van der Waals surface area contributed by atoms with Gasteiger partial charge in [-0.1, -0.05) is 44.2 Å². The Morgan fingerprint density at radius 2 is 1.96 bits per heavy atom. The SMILES string of the molecule is CCN(CC)C(CNC(=O)c1n[nH]c(C)c1Br)Cc1ccccc1. The second-order valence-electron chi connectivity index (χ2n) is 5.79. The van der Waals surface area contributed by atoms with Gasteiger partial charge in [-0.3, -0.25) is 14.8 Å². The monoisotopic (exact) mass is 392 g/mol. The molecule has 0 aliphatic rings. The summed E-state index contributed by atoms with van der Waals surface area (Å²) >= 11 is 3.40. The van der Waals surface area contributed by atoms with E-state index in [9.17, 15) is 4.79 Å². The Balaban J connectivity index is 2.05. The Kier molecular flexibility index (Phi) is 6.99. The third-order valence-electron chi connectivity index (χ3n) is 4.23. The molecule has 0 radical (unpaired) electrons. The summed E-state index contributed by atoms with van der Waals surface area (Å²) in [6, 6.07) is 10.6. The third-order valence-corrected chi connectivity index (χ3v) is 5.20. The van der Waals surface area contributed by atoms with E-state index in [1.54, 1.807) is 0 Å². The highest BCUT2D eigenvalue weighted by molar-refractivity contribution is 9.10. The molecule has 6 heteroatoms. The Bertz CT molecular complexity index is 652. The predicted octanol–water partition coefficient (Wildman–Crippen LogP) is 3.16. The van der Waals surface area contributed by atoms with Crippen LogP contribution >= 0.6 is 15.9 Å². The van der Waals surface area contributed by atoms with E-state index < -0.39 is 0 Å². The minimum absolute atomic E-state index is 0.156. The summed E-state index contributed by atoms with van der Waals surface area (Å²) in [6.07, 6.45) is 0.906. The first-order valence-electron chi connectivity index (χ1n) is 8.33. The molecule has 1 aromatic carbocycles. The van der Waals surface area contributed by atoms with Crippen LogP contribution in [0.4, 0.5) is 0 Å². The van der Waals surface area contributed by atoms with Gasteiger partial charge in [0.15, 0.2) is 5.69 Å². The minimum atomic E-state index is -0.156. The maximum absolute atomic E-state index is 12.4. The number of hydrogen-bond donors (Lipinski definition) is 2. The number of aryl methyl sites for hydroxylation is 1. The molecule has 1 amide bonds. The molecule has 1 aromatic heterocycles. The van der Waals surface area contributed by atoms with E-state index in [4.69, 9.17) is 0 Å². The molecule has 0 saturated carbocycles. The van der Waals surface area contributed by atoms with Crippen molar-refractivity contribution < 1.29 is 4.79 Å². The molecule has 1 unspecified atom stereocenters. The molecule has 2 N–H and O–H groups in total. The van der Waals surface area contributed by atoms with Gasteiger partial charge in [-0.15, -0.1) is 0 Å². The maximum atomic E-state index is 12.4. The van der Waals surface area contributed by atoms with Crippen LogP contribution < -0.4 is 5.32 Å². The van der Waals surface area contributed by atoms with Crippen molar-refractivity contribution in [3.63, 3.8) is 0 Å². The molecule has 0 saturated heterocycles. The lowest BCUT2D eigenvalue weighted by Crippen LogP contribution is -2.45. The minimum Gasteiger partial charge on any atom is -0.349 e. The summed E-state index contributed by atoms with van der Waals surface area (Å²) in [5.74, 6) is -0.156. The topological polar surface area (TPSA) is 61.0 Å². The van der Waals surface area contributed by atoms with Crippen LogP contribution in [0, 0.1) is 6.92 Å². The average Bonchev–Trinajstić information content (AvgIpc) is 2.93. The number of benzene rings is 1. The van der Waals surface area contributed by atoms with E-state index in [0.717, 1.165) is 29.7 Å². The molecular formula is C18H25BrN4O. The Hall–Kier alpha value is -1.66. The molecule has 1 atom stereocenters. The summed E-state index contributed by atoms with van der Waals surface area (Å²) in [4.78, 5) is 14.8. The van der Waals surface area contributed by atoms with Gasteiger partial charge in [0.05, 0.1) is 4.47 Å². The number of halogens is 1. The van der Waals surface area contributed by atoms with Crippen LogP contribution in [0.5, 0.6) is 0 Å². The summed E-state index contributed by atoms with van der Waals surface area (Å²) in [7, 11) is 0.